The molecule has 0 unspecified atom stereocenters. The fraction of sp³-hybridized carbons (Fsp3) is 0.158. The zero-order valence-electron chi connectivity index (χ0n) is 14.5. The lowest BCUT2D eigenvalue weighted by molar-refractivity contribution is 0.102. The Morgan fingerprint density at radius 1 is 1.12 bits per heavy atom. The number of aryl methyl sites for hydroxylation is 1. The molecule has 26 heavy (non-hydrogen) atoms. The molecule has 3 aromatic rings. The molecule has 0 aliphatic rings. The van der Waals surface area contributed by atoms with Gasteiger partial charge in [0.2, 0.25) is 0 Å². The Hall–Kier alpha value is -2.57. The Morgan fingerprint density at radius 3 is 2.42 bits per heavy atom. The highest BCUT2D eigenvalue weighted by Crippen LogP contribution is 2.33. The molecule has 0 aliphatic heterocycles. The number of methoxy groups -OCH3 is 2. The van der Waals surface area contributed by atoms with Crippen LogP contribution >= 0.6 is 22.9 Å². The number of anilines is 1. The van der Waals surface area contributed by atoms with Gasteiger partial charge in [-0.2, -0.15) is 0 Å². The van der Waals surface area contributed by atoms with Crippen LogP contribution in [0.25, 0.3) is 10.6 Å². The van der Waals surface area contributed by atoms with E-state index in [1.807, 2.05) is 25.1 Å². The minimum absolute atomic E-state index is 0.281. The van der Waals surface area contributed by atoms with Crippen LogP contribution in [0.3, 0.4) is 0 Å². The summed E-state index contributed by atoms with van der Waals surface area (Å²) in [5.41, 5.74) is 2.78. The molecule has 0 radical (unpaired) electrons. The van der Waals surface area contributed by atoms with Gasteiger partial charge in [0.05, 0.1) is 14.2 Å². The number of thiazole rings is 1. The van der Waals surface area contributed by atoms with Gasteiger partial charge >= 0.3 is 0 Å². The number of nitrogens with zero attached hydrogens (tertiary/aromatic N) is 1. The molecule has 0 saturated heterocycles. The van der Waals surface area contributed by atoms with E-state index in [1.54, 1.807) is 37.8 Å². The minimum atomic E-state index is -0.281. The van der Waals surface area contributed by atoms with Crippen molar-refractivity contribution in [2.75, 3.05) is 19.5 Å². The summed E-state index contributed by atoms with van der Waals surface area (Å²) in [5, 5.41) is 6.03. The monoisotopic (exact) mass is 388 g/mol. The summed E-state index contributed by atoms with van der Waals surface area (Å²) in [4.78, 5) is 17.0. The molecule has 1 N–H and O–H groups in total. The summed E-state index contributed by atoms with van der Waals surface area (Å²) in [5.74, 6) is 0.881. The van der Waals surface area contributed by atoms with Crippen molar-refractivity contribution in [1.29, 1.82) is 0 Å². The molecule has 0 spiro atoms. The van der Waals surface area contributed by atoms with Gasteiger partial charge in [-0.3, -0.25) is 4.79 Å². The standard InChI is InChI=1S/C19H17ClN2O3S/c1-11-8-16(24-2)17(25-3)9-14(11)21-18(23)15-10-26-19(22-15)12-4-6-13(20)7-5-12/h4-10H,1-3H3,(H,21,23). The van der Waals surface area contributed by atoms with Crippen LogP contribution in [0.1, 0.15) is 16.1 Å². The molecule has 5 nitrogen and oxygen atoms in total. The van der Waals surface area contributed by atoms with Crippen LogP contribution in [0.4, 0.5) is 5.69 Å². The number of benzene rings is 2. The quantitative estimate of drug-likeness (QED) is 0.665. The zero-order chi connectivity index (χ0) is 18.7. The molecule has 2 aromatic carbocycles. The van der Waals surface area contributed by atoms with Gasteiger partial charge in [0, 0.05) is 27.7 Å². The van der Waals surface area contributed by atoms with Gasteiger partial charge in [0.25, 0.3) is 5.91 Å². The van der Waals surface area contributed by atoms with Gasteiger partial charge in [-0.05, 0) is 30.7 Å². The Balaban J connectivity index is 1.82. The Labute approximate surface area is 160 Å². The number of hydrogen-bond acceptors (Lipinski definition) is 5. The van der Waals surface area contributed by atoms with Crippen molar-refractivity contribution in [3.05, 3.63) is 58.1 Å². The molecule has 0 fully saturated rings. The summed E-state index contributed by atoms with van der Waals surface area (Å²) in [7, 11) is 3.13. The zero-order valence-corrected chi connectivity index (χ0v) is 16.1. The summed E-state index contributed by atoms with van der Waals surface area (Å²) in [6.45, 7) is 1.89. The molecule has 1 aromatic heterocycles. The number of ether oxygens (including phenoxy) is 2. The van der Waals surface area contributed by atoms with Gasteiger partial charge in [-0.15, -0.1) is 11.3 Å². The van der Waals surface area contributed by atoms with Gasteiger partial charge in [-0.25, -0.2) is 4.98 Å². The third-order valence-electron chi connectivity index (χ3n) is 3.81. The average Bonchev–Trinajstić information content (AvgIpc) is 3.13. The van der Waals surface area contributed by atoms with Crippen LogP contribution in [0.15, 0.2) is 41.8 Å². The number of halogens is 1. The first-order chi connectivity index (χ1) is 12.5. The fourth-order valence-electron chi connectivity index (χ4n) is 2.40. The lowest BCUT2D eigenvalue weighted by atomic mass is 10.1. The summed E-state index contributed by atoms with van der Waals surface area (Å²) >= 11 is 7.31. The smallest absolute Gasteiger partial charge is 0.275 e. The maximum Gasteiger partial charge on any atom is 0.275 e. The second kappa shape index (κ2) is 7.76. The average molecular weight is 389 g/mol. The first-order valence-electron chi connectivity index (χ1n) is 7.77. The molecular weight excluding hydrogens is 372 g/mol. The van der Waals surface area contributed by atoms with Gasteiger partial charge in [0.1, 0.15) is 10.7 Å². The molecule has 134 valence electrons. The van der Waals surface area contributed by atoms with E-state index in [2.05, 4.69) is 10.3 Å². The van der Waals surface area contributed by atoms with Crippen LogP contribution < -0.4 is 14.8 Å². The third kappa shape index (κ3) is 3.81. The summed E-state index contributed by atoms with van der Waals surface area (Å²) in [6.07, 6.45) is 0. The summed E-state index contributed by atoms with van der Waals surface area (Å²) in [6, 6.07) is 10.9. The molecule has 0 bridgehead atoms. The number of aromatic nitrogens is 1. The van der Waals surface area contributed by atoms with Gasteiger partial charge < -0.3 is 14.8 Å². The highest BCUT2D eigenvalue weighted by molar-refractivity contribution is 7.13. The van der Waals surface area contributed by atoms with Crippen molar-refractivity contribution in [3.8, 4) is 22.1 Å². The van der Waals surface area contributed by atoms with Gasteiger partial charge in [0.15, 0.2) is 11.5 Å². The lowest BCUT2D eigenvalue weighted by Crippen LogP contribution is -2.13. The van der Waals surface area contributed by atoms with Crippen LogP contribution in [0.5, 0.6) is 11.5 Å². The van der Waals surface area contributed by atoms with Crippen molar-refractivity contribution < 1.29 is 14.3 Å². The van der Waals surface area contributed by atoms with Crippen LogP contribution in [-0.2, 0) is 0 Å². The topological polar surface area (TPSA) is 60.5 Å². The molecule has 0 saturated carbocycles. The first-order valence-corrected chi connectivity index (χ1v) is 9.03. The second-order valence-electron chi connectivity index (χ2n) is 5.52. The van der Waals surface area contributed by atoms with Crippen molar-refractivity contribution in [1.82, 2.24) is 4.98 Å². The number of amides is 1. The Bertz CT molecular complexity index is 938. The van der Waals surface area contributed by atoms with Crippen molar-refractivity contribution in [2.24, 2.45) is 0 Å². The van der Waals surface area contributed by atoms with E-state index in [0.29, 0.717) is 27.9 Å². The van der Waals surface area contributed by atoms with E-state index in [1.165, 1.54) is 11.3 Å². The van der Waals surface area contributed by atoms with E-state index in [4.69, 9.17) is 21.1 Å². The van der Waals surface area contributed by atoms with E-state index in [0.717, 1.165) is 16.1 Å². The first kappa shape index (κ1) is 18.2. The van der Waals surface area contributed by atoms with Crippen molar-refractivity contribution in [2.45, 2.75) is 6.92 Å². The molecule has 3 rings (SSSR count). The molecule has 7 heteroatoms. The predicted octanol–water partition coefficient (Wildman–Crippen LogP) is 5.04. The predicted molar refractivity (Wildman–Crippen MR) is 105 cm³/mol. The SMILES string of the molecule is COc1cc(C)c(NC(=O)c2csc(-c3ccc(Cl)cc3)n2)cc1OC. The van der Waals surface area contributed by atoms with Gasteiger partial charge in [-0.1, -0.05) is 23.7 Å². The van der Waals surface area contributed by atoms with E-state index in [-0.39, 0.29) is 5.91 Å². The number of hydrogen-bond donors (Lipinski definition) is 1. The number of nitrogens with one attached hydrogen (secondary N) is 1. The van der Waals surface area contributed by atoms with Crippen molar-refractivity contribution >= 4 is 34.5 Å². The highest BCUT2D eigenvalue weighted by Gasteiger charge is 2.15. The molecule has 1 amide bonds. The number of carbonyl (C=O) groups is 1. The molecule has 1 heterocycles. The molecule has 0 aliphatic carbocycles. The van der Waals surface area contributed by atoms with Crippen LogP contribution in [-0.4, -0.2) is 25.1 Å². The fourth-order valence-corrected chi connectivity index (χ4v) is 3.34. The summed E-state index contributed by atoms with van der Waals surface area (Å²) < 4.78 is 10.6. The normalized spacial score (nSPS) is 10.5. The van der Waals surface area contributed by atoms with E-state index < -0.39 is 0 Å². The largest absolute Gasteiger partial charge is 0.493 e. The minimum Gasteiger partial charge on any atom is -0.493 e. The Morgan fingerprint density at radius 2 is 1.77 bits per heavy atom. The maximum atomic E-state index is 12.6. The second-order valence-corrected chi connectivity index (χ2v) is 6.82. The number of carbonyl (C=O) groups excluding carboxylic acids is 1. The lowest BCUT2D eigenvalue weighted by Gasteiger charge is -2.13. The number of rotatable bonds is 5. The molecular formula is C19H17ClN2O3S. The highest BCUT2D eigenvalue weighted by atomic mass is 35.5. The third-order valence-corrected chi connectivity index (χ3v) is 4.95. The van der Waals surface area contributed by atoms with Crippen LogP contribution in [0, 0.1) is 6.92 Å². The van der Waals surface area contributed by atoms with Crippen LogP contribution in [0.2, 0.25) is 5.02 Å². The maximum absolute atomic E-state index is 12.6. The Kier molecular flexibility index (Phi) is 5.44. The van der Waals surface area contributed by atoms with E-state index >= 15 is 0 Å². The van der Waals surface area contributed by atoms with E-state index in [9.17, 15) is 4.79 Å². The van der Waals surface area contributed by atoms with Crippen molar-refractivity contribution in [3.63, 3.8) is 0 Å². The molecule has 0 atom stereocenters.